The number of hydrogen-bond acceptors (Lipinski definition) is 26. The van der Waals surface area contributed by atoms with Gasteiger partial charge in [0.1, 0.15) is 66.1 Å². The standard InChI is InChI=1S/C20H31N2O6P.C17H26N3O5P.2C13H19N2O3P.2C12H16NO2P/c1-2-3-4-9-26-10-11-27-13-18(23)21-12-16-5-7-17(8-6-16)22-19(24)14-28-15-20(25)29;1-2-18-7-8-24-10-15(21)19-9-13-3-5-14(6-4-13)20-16(22)11-25-12-17(23)26;2*1-2-14-7-10-3-5-11(6-4-10)15-12(16)8-18-9-13(17)19;2*1-2-13-8-11(14)7-9-3-5-10(6-4-9)12(15)16/h5-8H,2-4,9-15,29H2,1H3,(H,21,23)(H,22,24);3-6,18H,2,7-12,26H2,1H3,(H,19,21)(H,20,22);2*3-6,14H,2,7-9,19H2,1H3,(H,15,16);2*3-6,13H,2,7-8,16H2,1H3. The quantitative estimate of drug-likeness (QED) is 0.0131. The van der Waals surface area contributed by atoms with Crippen molar-refractivity contribution in [3.8, 4) is 0 Å². The number of nitrogens with one attached hydrogen (secondary N) is 11. The highest BCUT2D eigenvalue weighted by molar-refractivity contribution is 7.42. The maximum atomic E-state index is 11.8. The lowest BCUT2D eigenvalue weighted by atomic mass is 10.1. The van der Waals surface area contributed by atoms with Gasteiger partial charge in [0.2, 0.25) is 35.4 Å². The highest BCUT2D eigenvalue weighted by atomic mass is 31.0. The number of unbranched alkanes of at least 4 members (excludes halogenated alkanes) is 2. The lowest BCUT2D eigenvalue weighted by molar-refractivity contribution is -0.127. The zero-order valence-electron chi connectivity index (χ0n) is 72.3. The molecular formula is C87H127N11O21P6. The Bertz CT molecular complexity index is 3990. The number of carbonyl (C=O) groups excluding carboxylic acids is 14. The van der Waals surface area contributed by atoms with Gasteiger partial charge in [0.15, 0.2) is 44.7 Å². The third kappa shape index (κ3) is 65.8. The van der Waals surface area contributed by atoms with Crippen LogP contribution >= 0.6 is 55.4 Å². The summed E-state index contributed by atoms with van der Waals surface area (Å²) >= 11 is 0. The van der Waals surface area contributed by atoms with E-state index in [1.165, 1.54) is 0 Å². The molecule has 0 aliphatic rings. The molecule has 0 aromatic heterocycles. The number of amides is 6. The summed E-state index contributed by atoms with van der Waals surface area (Å²) in [4.78, 5) is 157. The Kier molecular flexibility index (Phi) is 68.5. The van der Waals surface area contributed by atoms with Crippen molar-refractivity contribution >= 4 is 158 Å². The molecule has 38 heteroatoms. The number of ether oxygens (including phenoxy) is 7. The van der Waals surface area contributed by atoms with E-state index in [0.29, 0.717) is 92.7 Å². The molecule has 0 radical (unpaired) electrons. The van der Waals surface area contributed by atoms with Crippen LogP contribution < -0.4 is 58.5 Å². The Balaban J connectivity index is 0.000000760. The van der Waals surface area contributed by atoms with Crippen molar-refractivity contribution in [2.45, 2.75) is 99.8 Å². The first-order chi connectivity index (χ1) is 60.0. The van der Waals surface area contributed by atoms with Crippen LogP contribution in [0.15, 0.2) is 146 Å². The van der Waals surface area contributed by atoms with E-state index in [4.69, 9.17) is 33.2 Å². The minimum Gasteiger partial charge on any atom is -0.379 e. The Morgan fingerprint density at radius 1 is 0.264 bits per heavy atom. The molecule has 0 saturated heterocycles. The van der Waals surface area contributed by atoms with Crippen molar-refractivity contribution in [3.63, 3.8) is 0 Å². The summed E-state index contributed by atoms with van der Waals surface area (Å²) in [5.74, 6) is -1.29. The molecule has 6 aromatic rings. The Labute approximate surface area is 747 Å². The monoisotopic (exact) mass is 1850 g/mol. The molecule has 6 aromatic carbocycles. The zero-order valence-corrected chi connectivity index (χ0v) is 79.2. The summed E-state index contributed by atoms with van der Waals surface area (Å²) in [6.45, 7) is 21.5. The fourth-order valence-electron chi connectivity index (χ4n) is 9.64. The smallest absolute Gasteiger partial charge is 0.250 e. The molecule has 0 heterocycles. The highest BCUT2D eigenvalue weighted by Gasteiger charge is 2.12. The van der Waals surface area contributed by atoms with Gasteiger partial charge >= 0.3 is 0 Å². The maximum absolute atomic E-state index is 11.8. The number of likely N-dealkylation sites (N-methyl/N-ethyl adjacent to an activating group) is 3. The van der Waals surface area contributed by atoms with Gasteiger partial charge in [0.05, 0.1) is 32.9 Å². The van der Waals surface area contributed by atoms with Crippen LogP contribution in [0.5, 0.6) is 0 Å². The molecule has 0 aliphatic heterocycles. The topological polar surface area (TPSA) is 436 Å². The van der Waals surface area contributed by atoms with Crippen LogP contribution in [0.4, 0.5) is 22.7 Å². The van der Waals surface area contributed by atoms with Gasteiger partial charge in [0.25, 0.3) is 0 Å². The summed E-state index contributed by atoms with van der Waals surface area (Å²) in [7, 11) is 12.2. The molecule has 6 amide bonds. The van der Waals surface area contributed by atoms with E-state index in [1.54, 1.807) is 72.8 Å². The molecule has 125 heavy (non-hydrogen) atoms. The molecule has 6 rings (SSSR count). The van der Waals surface area contributed by atoms with Crippen LogP contribution in [0, 0.1) is 0 Å². The van der Waals surface area contributed by atoms with Crippen molar-refractivity contribution in [2.75, 3.05) is 166 Å². The van der Waals surface area contributed by atoms with Gasteiger partial charge in [-0.2, -0.15) is 0 Å². The van der Waals surface area contributed by atoms with E-state index in [2.05, 4.69) is 83.9 Å². The van der Waals surface area contributed by atoms with Crippen molar-refractivity contribution in [1.29, 1.82) is 0 Å². The molecule has 0 fully saturated rings. The number of benzene rings is 6. The molecule has 6 unspecified atom stereocenters. The van der Waals surface area contributed by atoms with Gasteiger partial charge in [-0.15, -0.1) is 0 Å². The van der Waals surface area contributed by atoms with Gasteiger partial charge in [-0.05, 0) is 121 Å². The second kappa shape index (κ2) is 74.7. The molecule has 32 nitrogen and oxygen atoms in total. The fraction of sp³-hybridized carbons (Fsp3) is 0.425. The second-order valence-electron chi connectivity index (χ2n) is 26.8. The van der Waals surface area contributed by atoms with Crippen molar-refractivity contribution in [3.05, 3.63) is 190 Å². The Hall–Kier alpha value is -8.40. The number of carbonyl (C=O) groups is 14. The first-order valence-electron chi connectivity index (χ1n) is 40.6. The van der Waals surface area contributed by atoms with Gasteiger partial charge in [-0.25, -0.2) is 0 Å². The maximum Gasteiger partial charge on any atom is 0.250 e. The van der Waals surface area contributed by atoms with E-state index in [-0.39, 0.29) is 146 Å². The van der Waals surface area contributed by atoms with Crippen molar-refractivity contribution < 1.29 is 100 Å². The largest absolute Gasteiger partial charge is 0.379 e. The third-order valence-electron chi connectivity index (χ3n) is 15.8. The molecule has 0 aliphatic carbocycles. The van der Waals surface area contributed by atoms with E-state index < -0.39 is 0 Å². The Morgan fingerprint density at radius 3 is 0.816 bits per heavy atom. The number of ketones is 2. The van der Waals surface area contributed by atoms with E-state index in [1.807, 2.05) is 144 Å². The predicted octanol–water partition coefficient (Wildman–Crippen LogP) is 7.32. The summed E-state index contributed by atoms with van der Waals surface area (Å²) in [5, 5.41) is 31.8. The minimum atomic E-state index is -0.344. The van der Waals surface area contributed by atoms with Gasteiger partial charge in [0, 0.05) is 86.0 Å². The molecule has 0 spiro atoms. The fourth-order valence-corrected chi connectivity index (χ4v) is 10.5. The lowest BCUT2D eigenvalue weighted by Gasteiger charge is -2.09. The minimum absolute atomic E-state index is 0.00870. The molecule has 686 valence electrons. The van der Waals surface area contributed by atoms with Gasteiger partial charge in [-0.3, -0.25) is 67.1 Å². The van der Waals surface area contributed by atoms with Crippen molar-refractivity contribution in [1.82, 2.24) is 37.2 Å². The molecule has 0 bridgehead atoms. The highest BCUT2D eigenvalue weighted by Crippen LogP contribution is 2.16. The first-order valence-corrected chi connectivity index (χ1v) is 44.1. The van der Waals surface area contributed by atoms with Crippen LogP contribution in [-0.2, 0) is 130 Å². The third-order valence-corrected chi connectivity index (χ3v) is 17.2. The van der Waals surface area contributed by atoms with Crippen LogP contribution in [-0.4, -0.2) is 225 Å². The Morgan fingerprint density at radius 2 is 0.536 bits per heavy atom. The number of Topliss-reactive ketones (excluding diaryl/α,β-unsaturated/α-hetero) is 2. The zero-order chi connectivity index (χ0) is 92.6. The normalized spacial score (nSPS) is 10.3. The SMILES string of the molecule is CCCCCOCCOCC(=O)NCc1ccc(NC(=O)COCC(=O)P)cc1.CCNCC(=O)Cc1ccc(C(=O)P)cc1.CCNCC(=O)Cc1ccc(C(=O)P)cc1.CCNCCOCC(=O)NCc1ccc(NC(=O)COCC(=O)P)cc1.CCNCc1ccc(NC(=O)COCC(=O)P)cc1.CCNCc1ccc(NC(=O)COCC(=O)P)cc1. The lowest BCUT2D eigenvalue weighted by Crippen LogP contribution is -2.28. The number of hydrogen-bond donors (Lipinski definition) is 11. The molecular weight excluding hydrogens is 1720 g/mol. The molecule has 0 saturated carbocycles. The van der Waals surface area contributed by atoms with Crippen LogP contribution in [0.3, 0.4) is 0 Å². The predicted molar refractivity (Wildman–Crippen MR) is 507 cm³/mol. The summed E-state index contributed by atoms with van der Waals surface area (Å²) < 4.78 is 35.6. The average molecular weight is 1850 g/mol. The van der Waals surface area contributed by atoms with E-state index in [0.717, 1.165) is 112 Å². The average Bonchev–Trinajstić information content (AvgIpc) is 0.946. The summed E-state index contributed by atoms with van der Waals surface area (Å²) in [6.07, 6.45) is 4.20. The number of rotatable bonds is 57. The van der Waals surface area contributed by atoms with Crippen molar-refractivity contribution in [2.24, 2.45) is 0 Å². The molecule has 6 atom stereocenters. The van der Waals surface area contributed by atoms with Crippen LogP contribution in [0.25, 0.3) is 0 Å². The van der Waals surface area contributed by atoms with E-state index >= 15 is 0 Å². The first kappa shape index (κ1) is 115. The van der Waals surface area contributed by atoms with Crippen LogP contribution in [0.1, 0.15) is 115 Å². The van der Waals surface area contributed by atoms with E-state index in [9.17, 15) is 67.1 Å². The van der Waals surface area contributed by atoms with Gasteiger partial charge in [-0.1, -0.05) is 207 Å². The number of anilines is 4. The summed E-state index contributed by atoms with van der Waals surface area (Å²) in [6, 6.07) is 43.5. The summed E-state index contributed by atoms with van der Waals surface area (Å²) in [5.41, 5.74) is 9.05. The molecule has 11 N–H and O–H groups in total. The second-order valence-corrected chi connectivity index (χ2v) is 30.4. The van der Waals surface area contributed by atoms with Gasteiger partial charge < -0.3 is 91.6 Å². The van der Waals surface area contributed by atoms with Crippen LogP contribution in [0.2, 0.25) is 0 Å².